The topological polar surface area (TPSA) is 78.8 Å². The van der Waals surface area contributed by atoms with Gasteiger partial charge in [0.2, 0.25) is 0 Å². The van der Waals surface area contributed by atoms with E-state index in [9.17, 15) is 5.11 Å². The zero-order valence-electron chi connectivity index (χ0n) is 16.9. The summed E-state index contributed by atoms with van der Waals surface area (Å²) in [7, 11) is 0. The molecule has 1 heterocycles. The van der Waals surface area contributed by atoms with Crippen molar-refractivity contribution < 1.29 is 9.84 Å². The van der Waals surface area contributed by atoms with Crippen molar-refractivity contribution in [1.29, 1.82) is 0 Å². The summed E-state index contributed by atoms with van der Waals surface area (Å²) in [5, 5.41) is 16.5. The Labute approximate surface area is 190 Å². The van der Waals surface area contributed by atoms with E-state index in [-0.39, 0.29) is 30.1 Å². The predicted molar refractivity (Wildman–Crippen MR) is 127 cm³/mol. The van der Waals surface area contributed by atoms with Crippen molar-refractivity contribution in [3.8, 4) is 5.75 Å². The molecule has 1 aliphatic carbocycles. The zero-order chi connectivity index (χ0) is 19.6. The van der Waals surface area contributed by atoms with E-state index in [4.69, 9.17) is 9.73 Å². The maximum absolute atomic E-state index is 9.67. The molecule has 0 saturated heterocycles. The first-order valence-electron chi connectivity index (χ1n) is 10.1. The molecule has 0 bridgehead atoms. The molecular weight excluding hydrogens is 479 g/mol. The number of aliphatic hydroxyl groups is 1. The van der Waals surface area contributed by atoms with Crippen LogP contribution in [0, 0.1) is 0 Å². The molecule has 0 unspecified atom stereocenters. The van der Waals surface area contributed by atoms with E-state index >= 15 is 0 Å². The summed E-state index contributed by atoms with van der Waals surface area (Å²) in [6.07, 6.45) is 5.28. The van der Waals surface area contributed by atoms with Crippen molar-refractivity contribution >= 4 is 29.9 Å². The summed E-state index contributed by atoms with van der Waals surface area (Å²) < 4.78 is 5.85. The lowest BCUT2D eigenvalue weighted by atomic mass is 9.93. The molecule has 0 spiro atoms. The van der Waals surface area contributed by atoms with Crippen LogP contribution in [-0.2, 0) is 13.2 Å². The van der Waals surface area contributed by atoms with Crippen LogP contribution in [0.25, 0.3) is 0 Å². The van der Waals surface area contributed by atoms with Crippen LogP contribution < -0.4 is 15.4 Å². The second-order valence-corrected chi connectivity index (χ2v) is 7.10. The molecule has 158 valence electrons. The maximum atomic E-state index is 9.67. The standard InChI is InChI=1S/C22H30N4O2.HI/c1-2-23-22(26-18-9-11-20(27)12-10-18)25-15-17-6-5-8-21(14-17)28-16-19-7-3-4-13-24-19;/h3-8,13-14,18,20,27H,2,9-12,15-16H2,1H3,(H2,23,25,26);1H. The number of hydrogen-bond donors (Lipinski definition) is 3. The number of pyridine rings is 1. The second-order valence-electron chi connectivity index (χ2n) is 7.10. The molecule has 29 heavy (non-hydrogen) atoms. The number of rotatable bonds is 7. The fraction of sp³-hybridized carbons (Fsp3) is 0.455. The van der Waals surface area contributed by atoms with E-state index < -0.39 is 0 Å². The van der Waals surface area contributed by atoms with Gasteiger partial charge in [0, 0.05) is 18.8 Å². The van der Waals surface area contributed by atoms with Crippen LogP contribution in [0.2, 0.25) is 0 Å². The molecule has 3 rings (SSSR count). The van der Waals surface area contributed by atoms with Crippen molar-refractivity contribution in [3.63, 3.8) is 0 Å². The highest BCUT2D eigenvalue weighted by Crippen LogP contribution is 2.18. The SMILES string of the molecule is CCNC(=NCc1cccc(OCc2ccccn2)c1)NC1CCC(O)CC1.I. The normalized spacial score (nSPS) is 19.2. The number of aliphatic hydroxyl groups excluding tert-OH is 1. The maximum Gasteiger partial charge on any atom is 0.191 e. The summed E-state index contributed by atoms with van der Waals surface area (Å²) in [5.74, 6) is 1.64. The minimum Gasteiger partial charge on any atom is -0.487 e. The molecule has 1 aromatic carbocycles. The molecule has 0 amide bonds. The first kappa shape index (κ1) is 23.4. The van der Waals surface area contributed by atoms with Crippen molar-refractivity contribution in [2.75, 3.05) is 6.54 Å². The molecule has 1 saturated carbocycles. The summed E-state index contributed by atoms with van der Waals surface area (Å²) in [6, 6.07) is 14.2. The van der Waals surface area contributed by atoms with Crippen molar-refractivity contribution in [3.05, 3.63) is 59.9 Å². The predicted octanol–water partition coefficient (Wildman–Crippen LogP) is 3.64. The Morgan fingerprint density at radius 1 is 1.17 bits per heavy atom. The molecule has 0 aliphatic heterocycles. The van der Waals surface area contributed by atoms with Gasteiger partial charge in [0.1, 0.15) is 12.4 Å². The summed E-state index contributed by atoms with van der Waals surface area (Å²) >= 11 is 0. The molecule has 1 aliphatic rings. The van der Waals surface area contributed by atoms with Crippen molar-refractivity contribution in [1.82, 2.24) is 15.6 Å². The molecular formula is C22H31IN4O2. The lowest BCUT2D eigenvalue weighted by Gasteiger charge is -2.27. The van der Waals surface area contributed by atoms with E-state index in [0.717, 1.165) is 55.2 Å². The number of nitrogens with zero attached hydrogens (tertiary/aromatic N) is 2. The zero-order valence-corrected chi connectivity index (χ0v) is 19.2. The molecule has 7 heteroatoms. The summed E-state index contributed by atoms with van der Waals surface area (Å²) in [4.78, 5) is 9.00. The lowest BCUT2D eigenvalue weighted by molar-refractivity contribution is 0.120. The highest BCUT2D eigenvalue weighted by atomic mass is 127. The van der Waals surface area contributed by atoms with Gasteiger partial charge >= 0.3 is 0 Å². The largest absolute Gasteiger partial charge is 0.487 e. The first-order valence-corrected chi connectivity index (χ1v) is 10.1. The van der Waals surface area contributed by atoms with Gasteiger partial charge in [0.15, 0.2) is 5.96 Å². The Bertz CT molecular complexity index is 749. The quantitative estimate of drug-likeness (QED) is 0.301. The molecule has 6 nitrogen and oxygen atoms in total. The van der Waals surface area contributed by atoms with Gasteiger partial charge < -0.3 is 20.5 Å². The monoisotopic (exact) mass is 510 g/mol. The Hall–Kier alpha value is -1.87. The number of aliphatic imine (C=N–C) groups is 1. The van der Waals surface area contributed by atoms with E-state index in [1.165, 1.54) is 0 Å². The summed E-state index contributed by atoms with van der Waals surface area (Å²) in [5.41, 5.74) is 2.00. The average Bonchev–Trinajstić information content (AvgIpc) is 2.73. The van der Waals surface area contributed by atoms with Gasteiger partial charge in [-0.15, -0.1) is 24.0 Å². The van der Waals surface area contributed by atoms with Gasteiger partial charge in [-0.2, -0.15) is 0 Å². The first-order chi connectivity index (χ1) is 13.7. The van der Waals surface area contributed by atoms with Crippen LogP contribution in [0.4, 0.5) is 0 Å². The lowest BCUT2D eigenvalue weighted by Crippen LogP contribution is -2.45. The number of halogens is 1. The Balaban J connectivity index is 0.00000300. The van der Waals surface area contributed by atoms with E-state index in [1.807, 2.05) is 36.4 Å². The third-order valence-electron chi connectivity index (χ3n) is 4.81. The molecule has 0 atom stereocenters. The number of aromatic nitrogens is 1. The molecule has 3 N–H and O–H groups in total. The number of guanidine groups is 1. The van der Waals surface area contributed by atoms with Gasteiger partial charge in [-0.1, -0.05) is 18.2 Å². The average molecular weight is 510 g/mol. The van der Waals surface area contributed by atoms with Gasteiger partial charge in [-0.25, -0.2) is 4.99 Å². The number of hydrogen-bond acceptors (Lipinski definition) is 4. The minimum atomic E-state index is -0.147. The molecule has 0 radical (unpaired) electrons. The third kappa shape index (κ3) is 8.18. The van der Waals surface area contributed by atoms with Crippen LogP contribution in [0.3, 0.4) is 0 Å². The molecule has 1 fully saturated rings. The van der Waals surface area contributed by atoms with E-state index in [0.29, 0.717) is 19.2 Å². The minimum absolute atomic E-state index is 0. The number of ether oxygens (including phenoxy) is 1. The third-order valence-corrected chi connectivity index (χ3v) is 4.81. The highest BCUT2D eigenvalue weighted by Gasteiger charge is 2.19. The number of nitrogens with one attached hydrogen (secondary N) is 2. The van der Waals surface area contributed by atoms with Crippen LogP contribution in [0.5, 0.6) is 5.75 Å². The van der Waals surface area contributed by atoms with E-state index in [1.54, 1.807) is 6.20 Å². The number of benzene rings is 1. The van der Waals surface area contributed by atoms with Crippen LogP contribution in [0.15, 0.2) is 53.7 Å². The van der Waals surface area contributed by atoms with Crippen LogP contribution in [0.1, 0.15) is 43.9 Å². The Morgan fingerprint density at radius 3 is 2.72 bits per heavy atom. The van der Waals surface area contributed by atoms with Gasteiger partial charge in [0.25, 0.3) is 0 Å². The van der Waals surface area contributed by atoms with E-state index in [2.05, 4.69) is 28.6 Å². The second kappa shape index (κ2) is 12.6. The van der Waals surface area contributed by atoms with Gasteiger partial charge in [0.05, 0.1) is 18.3 Å². The van der Waals surface area contributed by atoms with Crippen LogP contribution >= 0.6 is 24.0 Å². The highest BCUT2D eigenvalue weighted by molar-refractivity contribution is 14.0. The summed E-state index contributed by atoms with van der Waals surface area (Å²) in [6.45, 7) is 3.90. The van der Waals surface area contributed by atoms with Gasteiger partial charge in [-0.3, -0.25) is 4.98 Å². The molecule has 2 aromatic rings. The Kier molecular flexibility index (Phi) is 10.2. The van der Waals surface area contributed by atoms with Gasteiger partial charge in [-0.05, 0) is 62.4 Å². The van der Waals surface area contributed by atoms with Crippen molar-refractivity contribution in [2.24, 2.45) is 4.99 Å². The fourth-order valence-electron chi connectivity index (χ4n) is 3.28. The fourth-order valence-corrected chi connectivity index (χ4v) is 3.28. The smallest absolute Gasteiger partial charge is 0.191 e. The van der Waals surface area contributed by atoms with Crippen LogP contribution in [-0.4, -0.2) is 34.7 Å². The molecule has 1 aromatic heterocycles. The van der Waals surface area contributed by atoms with Crippen molar-refractivity contribution in [2.45, 2.75) is 57.9 Å². The Morgan fingerprint density at radius 2 is 2.00 bits per heavy atom.